The van der Waals surface area contributed by atoms with Gasteiger partial charge in [0.05, 0.1) is 0 Å². The predicted molar refractivity (Wildman–Crippen MR) is 54.8 cm³/mol. The van der Waals surface area contributed by atoms with Gasteiger partial charge in [-0.3, -0.25) is 4.79 Å². The average Bonchev–Trinajstić information content (AvgIpc) is 2.64. The quantitative estimate of drug-likeness (QED) is 0.760. The maximum absolute atomic E-state index is 11.6. The minimum atomic E-state index is 0.291. The number of hydrogen-bond donors (Lipinski definition) is 1. The molecule has 0 spiro atoms. The Morgan fingerprint density at radius 1 is 1.64 bits per heavy atom. The van der Waals surface area contributed by atoms with Crippen LogP contribution in [0.25, 0.3) is 0 Å². The van der Waals surface area contributed by atoms with E-state index in [1.165, 1.54) is 11.3 Å². The van der Waals surface area contributed by atoms with Gasteiger partial charge in [0, 0.05) is 37.8 Å². The third-order valence-electron chi connectivity index (χ3n) is 2.74. The lowest BCUT2D eigenvalue weighted by Gasteiger charge is -2.26. The van der Waals surface area contributed by atoms with Crippen molar-refractivity contribution in [2.24, 2.45) is 0 Å². The zero-order valence-electron chi connectivity index (χ0n) is 8.55. The molecule has 0 aliphatic carbocycles. The summed E-state index contributed by atoms with van der Waals surface area (Å²) < 4.78 is 0. The minimum Gasteiger partial charge on any atom is -0.365 e. The van der Waals surface area contributed by atoms with Crippen molar-refractivity contribution in [1.29, 1.82) is 0 Å². The van der Waals surface area contributed by atoms with E-state index in [4.69, 9.17) is 0 Å². The van der Waals surface area contributed by atoms with E-state index in [2.05, 4.69) is 11.1 Å². The Labute approximate surface area is 84.1 Å². The molecule has 1 N–H and O–H groups in total. The molecule has 0 unspecified atom stereocenters. The number of fused-ring (bicyclic) bond motifs is 1. The van der Waals surface area contributed by atoms with Gasteiger partial charge in [-0.2, -0.15) is 0 Å². The van der Waals surface area contributed by atoms with Crippen LogP contribution in [-0.2, 0) is 17.8 Å². The standard InChI is InChI=1S/C11H16N2O/c1-2-3-11(14)13-7-5-10-9(8-13)4-6-12-10/h4,6,12H,2-3,5,7-8H2,1H3. The Hall–Kier alpha value is -1.25. The first kappa shape index (κ1) is 9.31. The summed E-state index contributed by atoms with van der Waals surface area (Å²) in [6.45, 7) is 3.70. The number of nitrogens with zero attached hydrogens (tertiary/aromatic N) is 1. The Bertz CT molecular complexity index is 330. The van der Waals surface area contributed by atoms with Gasteiger partial charge in [0.2, 0.25) is 5.91 Å². The van der Waals surface area contributed by atoms with E-state index in [1.807, 2.05) is 18.0 Å². The molecule has 0 fully saturated rings. The van der Waals surface area contributed by atoms with E-state index >= 15 is 0 Å². The topological polar surface area (TPSA) is 36.1 Å². The molecule has 0 saturated carbocycles. The third kappa shape index (κ3) is 1.67. The van der Waals surface area contributed by atoms with E-state index in [0.29, 0.717) is 12.3 Å². The molecule has 14 heavy (non-hydrogen) atoms. The lowest BCUT2D eigenvalue weighted by molar-refractivity contribution is -0.132. The molecule has 1 aliphatic heterocycles. The lowest BCUT2D eigenvalue weighted by atomic mass is 10.1. The van der Waals surface area contributed by atoms with Crippen molar-refractivity contribution in [2.75, 3.05) is 6.54 Å². The van der Waals surface area contributed by atoms with Gasteiger partial charge in [-0.05, 0) is 18.1 Å². The van der Waals surface area contributed by atoms with Gasteiger partial charge in [-0.1, -0.05) is 6.92 Å². The smallest absolute Gasteiger partial charge is 0.222 e. The number of aromatic amines is 1. The molecular weight excluding hydrogens is 176 g/mol. The highest BCUT2D eigenvalue weighted by Gasteiger charge is 2.20. The van der Waals surface area contributed by atoms with Crippen LogP contribution in [-0.4, -0.2) is 22.3 Å². The van der Waals surface area contributed by atoms with Gasteiger partial charge >= 0.3 is 0 Å². The molecule has 0 saturated heterocycles. The van der Waals surface area contributed by atoms with Gasteiger partial charge in [-0.25, -0.2) is 0 Å². The molecule has 3 nitrogen and oxygen atoms in total. The van der Waals surface area contributed by atoms with E-state index in [0.717, 1.165) is 25.9 Å². The highest BCUT2D eigenvalue weighted by Crippen LogP contribution is 2.17. The number of nitrogens with one attached hydrogen (secondary N) is 1. The summed E-state index contributed by atoms with van der Waals surface area (Å²) in [6, 6.07) is 2.07. The number of carbonyl (C=O) groups excluding carboxylic acids is 1. The second-order valence-electron chi connectivity index (χ2n) is 3.80. The summed E-state index contributed by atoms with van der Waals surface area (Å²) in [7, 11) is 0. The molecule has 2 heterocycles. The monoisotopic (exact) mass is 192 g/mol. The number of hydrogen-bond acceptors (Lipinski definition) is 1. The highest BCUT2D eigenvalue weighted by atomic mass is 16.2. The molecule has 2 rings (SSSR count). The highest BCUT2D eigenvalue weighted by molar-refractivity contribution is 5.76. The first-order valence-corrected chi connectivity index (χ1v) is 5.24. The van der Waals surface area contributed by atoms with Gasteiger partial charge in [0.15, 0.2) is 0 Å². The third-order valence-corrected chi connectivity index (χ3v) is 2.74. The number of carbonyl (C=O) groups is 1. The van der Waals surface area contributed by atoms with Crippen LogP contribution < -0.4 is 0 Å². The zero-order valence-corrected chi connectivity index (χ0v) is 8.55. The summed E-state index contributed by atoms with van der Waals surface area (Å²) in [4.78, 5) is 16.8. The summed E-state index contributed by atoms with van der Waals surface area (Å²) in [5.41, 5.74) is 2.58. The number of rotatable bonds is 2. The van der Waals surface area contributed by atoms with Crippen LogP contribution in [0.1, 0.15) is 31.0 Å². The van der Waals surface area contributed by atoms with Crippen molar-refractivity contribution in [2.45, 2.75) is 32.7 Å². The van der Waals surface area contributed by atoms with Crippen LogP contribution in [0.2, 0.25) is 0 Å². The maximum atomic E-state index is 11.6. The summed E-state index contributed by atoms with van der Waals surface area (Å²) in [6.07, 6.45) is 4.55. The lowest BCUT2D eigenvalue weighted by Crippen LogP contribution is -2.35. The maximum Gasteiger partial charge on any atom is 0.222 e. The van der Waals surface area contributed by atoms with Crippen molar-refractivity contribution in [3.05, 3.63) is 23.5 Å². The molecule has 0 aromatic carbocycles. The number of aromatic nitrogens is 1. The normalized spacial score (nSPS) is 15.4. The molecule has 1 aliphatic rings. The van der Waals surface area contributed by atoms with E-state index < -0.39 is 0 Å². The molecule has 76 valence electrons. The fourth-order valence-corrected chi connectivity index (χ4v) is 1.93. The van der Waals surface area contributed by atoms with Gasteiger partial charge in [0.1, 0.15) is 0 Å². The van der Waals surface area contributed by atoms with Crippen molar-refractivity contribution in [3.63, 3.8) is 0 Å². The Morgan fingerprint density at radius 2 is 2.50 bits per heavy atom. The minimum absolute atomic E-state index is 0.291. The molecule has 1 amide bonds. The van der Waals surface area contributed by atoms with Gasteiger partial charge < -0.3 is 9.88 Å². The Kier molecular flexibility index (Phi) is 2.57. The van der Waals surface area contributed by atoms with Crippen LogP contribution >= 0.6 is 0 Å². The van der Waals surface area contributed by atoms with Crippen molar-refractivity contribution >= 4 is 5.91 Å². The van der Waals surface area contributed by atoms with Gasteiger partial charge in [0.25, 0.3) is 0 Å². The van der Waals surface area contributed by atoms with E-state index in [1.54, 1.807) is 0 Å². The molecule has 1 aromatic rings. The molecule has 0 radical (unpaired) electrons. The second kappa shape index (κ2) is 3.86. The van der Waals surface area contributed by atoms with Crippen LogP contribution in [0.5, 0.6) is 0 Å². The first-order chi connectivity index (χ1) is 6.81. The van der Waals surface area contributed by atoms with E-state index in [-0.39, 0.29) is 0 Å². The Morgan fingerprint density at radius 3 is 3.29 bits per heavy atom. The fourth-order valence-electron chi connectivity index (χ4n) is 1.93. The molecule has 1 aromatic heterocycles. The molecule has 0 atom stereocenters. The van der Waals surface area contributed by atoms with Crippen molar-refractivity contribution in [3.8, 4) is 0 Å². The Balaban J connectivity index is 2.04. The predicted octanol–water partition coefficient (Wildman–Crippen LogP) is 1.70. The van der Waals surface area contributed by atoms with Gasteiger partial charge in [-0.15, -0.1) is 0 Å². The van der Waals surface area contributed by atoms with Crippen LogP contribution in [0.3, 0.4) is 0 Å². The first-order valence-electron chi connectivity index (χ1n) is 5.24. The van der Waals surface area contributed by atoms with E-state index in [9.17, 15) is 4.79 Å². The van der Waals surface area contributed by atoms with Crippen LogP contribution in [0.4, 0.5) is 0 Å². The number of amides is 1. The van der Waals surface area contributed by atoms with Crippen molar-refractivity contribution in [1.82, 2.24) is 9.88 Å². The summed E-state index contributed by atoms with van der Waals surface area (Å²) in [5.74, 6) is 0.291. The summed E-state index contributed by atoms with van der Waals surface area (Å²) in [5, 5.41) is 0. The second-order valence-corrected chi connectivity index (χ2v) is 3.80. The number of H-pyrrole nitrogens is 1. The largest absolute Gasteiger partial charge is 0.365 e. The fraction of sp³-hybridized carbons (Fsp3) is 0.545. The van der Waals surface area contributed by atoms with Crippen LogP contribution in [0.15, 0.2) is 12.3 Å². The van der Waals surface area contributed by atoms with Crippen molar-refractivity contribution < 1.29 is 4.79 Å². The molecular formula is C11H16N2O. The van der Waals surface area contributed by atoms with Crippen LogP contribution in [0, 0.1) is 0 Å². The SMILES string of the molecule is CCCC(=O)N1CCc2[nH]ccc2C1. The average molecular weight is 192 g/mol. The molecule has 3 heteroatoms. The molecule has 0 bridgehead atoms. The zero-order chi connectivity index (χ0) is 9.97. The summed E-state index contributed by atoms with van der Waals surface area (Å²) >= 11 is 0.